The molecule has 36 valence electrons. The van der Waals surface area contributed by atoms with Crippen LogP contribution in [0, 0.1) is 0 Å². The molecule has 0 N–H and O–H groups in total. The van der Waals surface area contributed by atoms with Crippen molar-refractivity contribution >= 4 is 26.6 Å². The fourth-order valence-corrected chi connectivity index (χ4v) is 1.38. The Morgan fingerprint density at radius 2 is 2.50 bits per heavy atom. The second-order valence-electron chi connectivity index (χ2n) is 0.950. The van der Waals surface area contributed by atoms with Crippen molar-refractivity contribution in [3.8, 4) is 0 Å². The molecule has 0 saturated heterocycles. The monoisotopic (exact) mass is 170 g/mol. The van der Waals surface area contributed by atoms with Gasteiger partial charge in [-0.3, -0.25) is 0 Å². The number of allylic oxidation sites excluding steroid dienone is 1. The third-order valence-corrected chi connectivity index (χ3v) is 2.13. The maximum absolute atomic E-state index is 5.40. The van der Waals surface area contributed by atoms with Gasteiger partial charge in [0, 0.05) is 0 Å². The van der Waals surface area contributed by atoms with E-state index in [9.17, 15) is 0 Å². The molecular weight excluding hydrogens is 162 g/mol. The molecule has 2 heteroatoms. The van der Waals surface area contributed by atoms with Crippen molar-refractivity contribution in [1.29, 1.82) is 0 Å². The van der Waals surface area contributed by atoms with Crippen LogP contribution in [0.15, 0.2) is 11.6 Å². The molecule has 0 aromatic carbocycles. The molecule has 0 heterocycles. The predicted octanol–water partition coefficient (Wildman–Crippen LogP) is 1.91. The first kappa shape index (κ1) is 6.55. The van der Waals surface area contributed by atoms with Crippen LogP contribution < -0.4 is 0 Å². The molecule has 0 aliphatic rings. The minimum atomic E-state index is 0.666. The normalized spacial score (nSPS) is 8.33. The van der Waals surface area contributed by atoms with Crippen LogP contribution in [0.2, 0.25) is 11.1 Å². The fourth-order valence-electron chi connectivity index (χ4n) is 0.157. The van der Waals surface area contributed by atoms with E-state index in [4.69, 9.17) is 11.6 Å². The molecule has 0 atom stereocenters. The Bertz CT molecular complexity index is 51.5. The van der Waals surface area contributed by atoms with E-state index in [-0.39, 0.29) is 0 Å². The topological polar surface area (TPSA) is 0 Å². The molecule has 0 aromatic rings. The summed E-state index contributed by atoms with van der Waals surface area (Å²) in [5.74, 6) is 2.14. The van der Waals surface area contributed by atoms with Gasteiger partial charge < -0.3 is 0 Å². The van der Waals surface area contributed by atoms with Crippen molar-refractivity contribution in [2.75, 3.05) is 0 Å². The van der Waals surface area contributed by atoms with Crippen LogP contribution in [0.4, 0.5) is 0 Å². The summed E-state index contributed by atoms with van der Waals surface area (Å²) < 4.78 is 0. The zero-order valence-corrected chi connectivity index (χ0v) is 6.17. The molecule has 0 saturated carbocycles. The van der Waals surface area contributed by atoms with Gasteiger partial charge in [-0.25, -0.2) is 0 Å². The molecule has 0 spiro atoms. The van der Waals surface area contributed by atoms with Gasteiger partial charge in [-0.15, -0.1) is 0 Å². The number of hydrogen-bond acceptors (Lipinski definition) is 0. The van der Waals surface area contributed by atoms with Gasteiger partial charge in [-0.05, 0) is 0 Å². The molecule has 0 aliphatic carbocycles. The van der Waals surface area contributed by atoms with Crippen LogP contribution in [0.1, 0.15) is 0 Å². The van der Waals surface area contributed by atoms with E-state index in [1.54, 1.807) is 0 Å². The van der Waals surface area contributed by atoms with Crippen molar-refractivity contribution in [3.63, 3.8) is 0 Å². The van der Waals surface area contributed by atoms with Crippen LogP contribution in [-0.2, 0) is 0 Å². The van der Waals surface area contributed by atoms with Crippen molar-refractivity contribution in [1.82, 2.24) is 0 Å². The van der Waals surface area contributed by atoms with E-state index in [1.165, 1.54) is 0 Å². The first-order valence-corrected chi connectivity index (χ1v) is 4.90. The second kappa shape index (κ2) is 3.73. The van der Waals surface area contributed by atoms with Crippen LogP contribution >= 0.6 is 11.6 Å². The summed E-state index contributed by atoms with van der Waals surface area (Å²) >= 11 is 6.06. The molecule has 0 rings (SSSR count). The molecule has 0 bridgehead atoms. The van der Waals surface area contributed by atoms with Gasteiger partial charge in [0.05, 0.1) is 0 Å². The Kier molecular flexibility index (Phi) is 4.07. The standard InChI is InChI=1S/C4H7ClSe/c1-4(5)3-6-2/h1,3H2,2H3. The summed E-state index contributed by atoms with van der Waals surface area (Å²) in [5.41, 5.74) is 0. The minimum absolute atomic E-state index is 0.666. The molecular formula is C4H7ClSe. The van der Waals surface area contributed by atoms with Gasteiger partial charge in [0.15, 0.2) is 0 Å². The van der Waals surface area contributed by atoms with Gasteiger partial charge in [-0.2, -0.15) is 0 Å². The summed E-state index contributed by atoms with van der Waals surface area (Å²) in [6, 6.07) is 0. The molecule has 0 radical (unpaired) electrons. The third-order valence-electron chi connectivity index (χ3n) is 0.301. The van der Waals surface area contributed by atoms with E-state index in [0.717, 1.165) is 10.4 Å². The molecule has 0 aliphatic heterocycles. The molecule has 0 fully saturated rings. The average Bonchev–Trinajstić information content (AvgIpc) is 1.35. The molecule has 0 unspecified atom stereocenters. The van der Waals surface area contributed by atoms with Crippen molar-refractivity contribution in [3.05, 3.63) is 11.6 Å². The average molecular weight is 170 g/mol. The second-order valence-corrected chi connectivity index (χ2v) is 3.30. The predicted molar refractivity (Wildman–Crippen MR) is 31.4 cm³/mol. The van der Waals surface area contributed by atoms with Crippen molar-refractivity contribution < 1.29 is 0 Å². The Balaban J connectivity index is 2.83. The van der Waals surface area contributed by atoms with Gasteiger partial charge in [0.1, 0.15) is 0 Å². The van der Waals surface area contributed by atoms with E-state index < -0.39 is 0 Å². The molecule has 0 nitrogen and oxygen atoms in total. The van der Waals surface area contributed by atoms with Gasteiger partial charge in [-0.1, -0.05) is 0 Å². The molecule has 0 amide bonds. The van der Waals surface area contributed by atoms with Crippen molar-refractivity contribution in [2.45, 2.75) is 11.1 Å². The maximum atomic E-state index is 5.40. The van der Waals surface area contributed by atoms with Gasteiger partial charge in [0.25, 0.3) is 0 Å². The first-order chi connectivity index (χ1) is 2.77. The van der Waals surface area contributed by atoms with Crippen molar-refractivity contribution in [2.24, 2.45) is 0 Å². The Morgan fingerprint density at radius 3 is 2.50 bits per heavy atom. The SMILES string of the molecule is C=C(Cl)C[Se]C. The van der Waals surface area contributed by atoms with E-state index >= 15 is 0 Å². The molecule has 0 aromatic heterocycles. The summed E-state index contributed by atoms with van der Waals surface area (Å²) in [6.07, 6.45) is 0. The van der Waals surface area contributed by atoms with E-state index in [2.05, 4.69) is 12.4 Å². The summed E-state index contributed by atoms with van der Waals surface area (Å²) in [6.45, 7) is 3.53. The summed E-state index contributed by atoms with van der Waals surface area (Å²) in [4.78, 5) is 0. The third kappa shape index (κ3) is 4.55. The Morgan fingerprint density at radius 1 is 2.00 bits per heavy atom. The first-order valence-electron chi connectivity index (χ1n) is 1.59. The van der Waals surface area contributed by atoms with Crippen LogP contribution in [0.25, 0.3) is 0 Å². The van der Waals surface area contributed by atoms with E-state index in [0.29, 0.717) is 15.0 Å². The fraction of sp³-hybridized carbons (Fsp3) is 0.500. The van der Waals surface area contributed by atoms with Gasteiger partial charge in [0.2, 0.25) is 0 Å². The Hall–Kier alpha value is 0.549. The van der Waals surface area contributed by atoms with Crippen LogP contribution in [-0.4, -0.2) is 15.0 Å². The summed E-state index contributed by atoms with van der Waals surface area (Å²) in [7, 11) is 0. The number of rotatable bonds is 2. The Labute approximate surface area is 49.7 Å². The molecule has 6 heavy (non-hydrogen) atoms. The quantitative estimate of drug-likeness (QED) is 0.554. The van der Waals surface area contributed by atoms with Crippen LogP contribution in [0.3, 0.4) is 0 Å². The van der Waals surface area contributed by atoms with Gasteiger partial charge >= 0.3 is 49.3 Å². The van der Waals surface area contributed by atoms with Crippen LogP contribution in [0.5, 0.6) is 0 Å². The van der Waals surface area contributed by atoms with E-state index in [1.807, 2.05) is 0 Å². The number of halogens is 1. The zero-order valence-electron chi connectivity index (χ0n) is 3.70. The summed E-state index contributed by atoms with van der Waals surface area (Å²) in [5, 5.41) is 1.80. The zero-order chi connectivity index (χ0) is 4.99. The number of hydrogen-bond donors (Lipinski definition) is 0.